The minimum atomic E-state index is -3.13. The maximum Gasteiger partial charge on any atom is 0.255 e. The summed E-state index contributed by atoms with van der Waals surface area (Å²) < 4.78 is 62.5. The van der Waals surface area contributed by atoms with Gasteiger partial charge in [0.15, 0.2) is 0 Å². The van der Waals surface area contributed by atoms with E-state index < -0.39 is 55.0 Å². The lowest BCUT2D eigenvalue weighted by Gasteiger charge is -2.53. The maximum atomic E-state index is 14.5. The lowest BCUT2D eigenvalue weighted by atomic mass is 9.56. The van der Waals surface area contributed by atoms with Crippen molar-refractivity contribution >= 4 is 23.0 Å². The van der Waals surface area contributed by atoms with Crippen LogP contribution in [-0.2, 0) is 4.79 Å². The molecule has 3 saturated carbocycles. The van der Waals surface area contributed by atoms with Crippen molar-refractivity contribution in [3.63, 3.8) is 0 Å². The van der Waals surface area contributed by atoms with Gasteiger partial charge >= 0.3 is 0 Å². The van der Waals surface area contributed by atoms with Crippen LogP contribution >= 0.6 is 0 Å². The predicted octanol–water partition coefficient (Wildman–Crippen LogP) is 3.70. The van der Waals surface area contributed by atoms with Crippen LogP contribution in [0.1, 0.15) is 76.5 Å². The minimum absolute atomic E-state index is 0.0601. The number of hydrogen-bond donors (Lipinski definition) is 3. The van der Waals surface area contributed by atoms with E-state index in [2.05, 4.69) is 20.7 Å². The lowest BCUT2D eigenvalue weighted by Crippen LogP contribution is -2.55. The number of fused-ring (bicyclic) bond motifs is 4. The zero-order valence-corrected chi connectivity index (χ0v) is 22.9. The van der Waals surface area contributed by atoms with Gasteiger partial charge in [0.1, 0.15) is 12.2 Å². The van der Waals surface area contributed by atoms with Crippen LogP contribution in [0.25, 0.3) is 16.9 Å². The van der Waals surface area contributed by atoms with Gasteiger partial charge in [0, 0.05) is 39.3 Å². The van der Waals surface area contributed by atoms with Crippen molar-refractivity contribution in [3.05, 3.63) is 47.8 Å². The molecule has 3 heterocycles. The lowest BCUT2D eigenvalue weighted by molar-refractivity contribution is -0.145. The van der Waals surface area contributed by atoms with E-state index in [1.165, 1.54) is 26.2 Å². The van der Waals surface area contributed by atoms with E-state index in [9.17, 15) is 24.3 Å². The van der Waals surface area contributed by atoms with E-state index in [0.717, 1.165) is 0 Å². The highest BCUT2D eigenvalue weighted by Gasteiger charge is 2.53. The van der Waals surface area contributed by atoms with Crippen LogP contribution in [0.4, 0.5) is 10.1 Å². The second-order valence-corrected chi connectivity index (χ2v) is 11.7. The molecule has 6 rings (SSSR count). The highest BCUT2D eigenvalue weighted by atomic mass is 19.1. The molecule has 3 aliphatic rings. The van der Waals surface area contributed by atoms with Gasteiger partial charge in [-0.1, -0.05) is 0 Å². The van der Waals surface area contributed by atoms with Crippen LogP contribution in [-0.4, -0.2) is 74.2 Å². The van der Waals surface area contributed by atoms with Crippen LogP contribution in [0.15, 0.2) is 36.7 Å². The van der Waals surface area contributed by atoms with Crippen LogP contribution in [0.2, 0.25) is 0 Å². The number of alkyl halides is 1. The van der Waals surface area contributed by atoms with Crippen molar-refractivity contribution in [1.29, 1.82) is 5.26 Å². The first kappa shape index (κ1) is 21.7. The molecule has 1 unspecified atom stereocenters. The molecule has 41 heavy (non-hydrogen) atoms. The minimum Gasteiger partial charge on any atom is -0.387 e. The molecule has 3 N–H and O–H groups in total. The topological polar surface area (TPSA) is 136 Å². The van der Waals surface area contributed by atoms with E-state index in [0.29, 0.717) is 47.4 Å². The Balaban J connectivity index is 1.46. The Hall–Kier alpha value is -4.04. The quantitative estimate of drug-likeness (QED) is 0.378. The third-order valence-corrected chi connectivity index (χ3v) is 8.55. The highest BCUT2D eigenvalue weighted by molar-refractivity contribution is 6.00. The Bertz CT molecular complexity index is 1710. The number of carbonyl (C=O) groups excluding carboxylic acids is 2. The summed E-state index contributed by atoms with van der Waals surface area (Å²) in [6, 6.07) is 8.93. The first-order valence-corrected chi connectivity index (χ1v) is 13.4. The highest BCUT2D eigenvalue weighted by Crippen LogP contribution is 2.54. The molecule has 3 aromatic heterocycles. The third-order valence-electron chi connectivity index (χ3n) is 8.55. The number of hydrogen-bond acceptors (Lipinski definition) is 7. The number of halogens is 1. The fraction of sp³-hybridized carbons (Fsp3) is 0.500. The van der Waals surface area contributed by atoms with Gasteiger partial charge in [-0.15, -0.1) is 0 Å². The SMILES string of the molecule is [2H]C([2H])([2H])N(C(=O)C12CCC(Nc3cc(-c4ccc5cc(C#N)cnn45)ncc3C(=O)NCC(F)C(C)(C)O)(CC1)CC2)C([2H])([2H])[2H]. The molecule has 3 aliphatic carbocycles. The summed E-state index contributed by atoms with van der Waals surface area (Å²) in [6.45, 7) is -4.11. The molecule has 2 amide bonds. The predicted molar refractivity (Wildman–Crippen MR) is 152 cm³/mol. The number of aliphatic hydroxyl groups is 1. The molecular formula is C30H36FN7O3. The van der Waals surface area contributed by atoms with Gasteiger partial charge in [0.2, 0.25) is 5.91 Å². The van der Waals surface area contributed by atoms with E-state index >= 15 is 0 Å². The standard InChI is InChI=1S/C30H36FN7O3/c1-28(2,41)25(31)18-34-26(39)21-17-33-23(24-6-5-20-13-19(15-32)16-35-38(20)24)14-22(21)36-30-10-7-29(8-11-30,9-12-30)27(40)37(3)4/h5-6,13-14,16-17,25,41H,7-12,18H2,1-4H3,(H,33,36)(H,34,39)/i3D3,4D3. The molecule has 0 spiro atoms. The first-order valence-electron chi connectivity index (χ1n) is 16.4. The van der Waals surface area contributed by atoms with E-state index in [-0.39, 0.29) is 29.7 Å². The summed E-state index contributed by atoms with van der Waals surface area (Å²) in [6.07, 6.45) is 2.94. The van der Waals surface area contributed by atoms with Crippen LogP contribution in [0.3, 0.4) is 0 Å². The molecule has 216 valence electrons. The van der Waals surface area contributed by atoms with Crippen LogP contribution in [0, 0.1) is 16.7 Å². The summed E-state index contributed by atoms with van der Waals surface area (Å²) in [5.74, 6) is -1.54. The molecule has 11 heteroatoms. The van der Waals surface area contributed by atoms with E-state index in [1.54, 1.807) is 28.8 Å². The van der Waals surface area contributed by atoms with E-state index in [4.69, 9.17) is 8.22 Å². The Labute approximate surface area is 247 Å². The molecule has 2 bridgehead atoms. The largest absolute Gasteiger partial charge is 0.387 e. The number of pyridine rings is 1. The molecule has 0 saturated heterocycles. The monoisotopic (exact) mass is 567 g/mol. The second kappa shape index (κ2) is 10.4. The van der Waals surface area contributed by atoms with Gasteiger partial charge < -0.3 is 20.6 Å². The Morgan fingerprint density at radius 2 is 1.93 bits per heavy atom. The Morgan fingerprint density at radius 1 is 1.22 bits per heavy atom. The summed E-state index contributed by atoms with van der Waals surface area (Å²) in [7, 11) is 0. The van der Waals surface area contributed by atoms with Gasteiger partial charge in [-0.25, -0.2) is 8.91 Å². The zero-order valence-electron chi connectivity index (χ0n) is 28.9. The van der Waals surface area contributed by atoms with Crippen molar-refractivity contribution < 1.29 is 27.3 Å². The van der Waals surface area contributed by atoms with Gasteiger partial charge in [-0.05, 0) is 76.6 Å². The number of nitriles is 1. The van der Waals surface area contributed by atoms with Crippen molar-refractivity contribution in [2.75, 3.05) is 25.8 Å². The number of rotatable bonds is 8. The van der Waals surface area contributed by atoms with Gasteiger partial charge in [-0.3, -0.25) is 14.6 Å². The molecule has 3 fully saturated rings. The summed E-state index contributed by atoms with van der Waals surface area (Å²) in [5, 5.41) is 29.6. The Kier molecular flexibility index (Phi) is 5.51. The normalized spacial score (nSPS) is 25.4. The number of nitrogens with one attached hydrogen (secondary N) is 2. The van der Waals surface area contributed by atoms with Crippen molar-refractivity contribution in [3.8, 4) is 17.5 Å². The van der Waals surface area contributed by atoms with Crippen LogP contribution in [0.5, 0.6) is 0 Å². The number of anilines is 1. The van der Waals surface area contributed by atoms with Gasteiger partial charge in [-0.2, -0.15) is 10.4 Å². The zero-order chi connectivity index (χ0) is 34.6. The fourth-order valence-electron chi connectivity index (χ4n) is 5.88. The van der Waals surface area contributed by atoms with Crippen molar-refractivity contribution in [2.45, 2.75) is 69.7 Å². The van der Waals surface area contributed by atoms with Gasteiger partial charge in [0.25, 0.3) is 5.91 Å². The van der Waals surface area contributed by atoms with Crippen molar-refractivity contribution in [1.82, 2.24) is 24.8 Å². The average Bonchev–Trinajstić information content (AvgIpc) is 3.41. The van der Waals surface area contributed by atoms with Crippen LogP contribution < -0.4 is 10.6 Å². The Morgan fingerprint density at radius 3 is 2.56 bits per heavy atom. The molecule has 3 aromatic rings. The molecule has 0 aliphatic heterocycles. The fourth-order valence-corrected chi connectivity index (χ4v) is 5.88. The van der Waals surface area contributed by atoms with Crippen molar-refractivity contribution in [2.24, 2.45) is 5.41 Å². The third kappa shape index (κ3) is 5.36. The first-order chi connectivity index (χ1) is 21.8. The molecule has 10 nitrogen and oxygen atoms in total. The maximum absolute atomic E-state index is 14.5. The summed E-state index contributed by atoms with van der Waals surface area (Å²) in [5.41, 5.74) is -0.880. The number of amides is 2. The summed E-state index contributed by atoms with van der Waals surface area (Å²) in [4.78, 5) is 31.5. The van der Waals surface area contributed by atoms with Gasteiger partial charge in [0.05, 0.1) is 52.1 Å². The van der Waals surface area contributed by atoms with E-state index in [1.807, 2.05) is 6.07 Å². The second-order valence-electron chi connectivity index (χ2n) is 11.7. The summed E-state index contributed by atoms with van der Waals surface area (Å²) >= 11 is 0. The number of aromatic nitrogens is 3. The molecule has 0 radical (unpaired) electrons. The number of nitrogens with zero attached hydrogens (tertiary/aromatic N) is 5. The molecular weight excluding hydrogens is 525 g/mol. The average molecular weight is 568 g/mol. The molecule has 1 atom stereocenters. The molecule has 0 aromatic carbocycles. The smallest absolute Gasteiger partial charge is 0.255 e. The number of carbonyl (C=O) groups is 2.